The summed E-state index contributed by atoms with van der Waals surface area (Å²) in [7, 11) is 0. The number of hydrazone groups is 1. The van der Waals surface area contributed by atoms with Crippen molar-refractivity contribution in [2.75, 3.05) is 29.7 Å². The average Bonchev–Trinajstić information content (AvgIpc) is 2.75. The number of carbonyl (C=O) groups is 4. The maximum absolute atomic E-state index is 12.5. The topological polar surface area (TPSA) is 149 Å². The maximum Gasteiger partial charge on any atom is 0.340 e. The third-order valence-corrected chi connectivity index (χ3v) is 4.03. The monoisotopic (exact) mass is 440 g/mol. The molecule has 1 amide bonds. The molecule has 0 aromatic heterocycles. The van der Waals surface area contributed by atoms with Gasteiger partial charge in [-0.2, -0.15) is 5.10 Å². The van der Waals surface area contributed by atoms with Crippen LogP contribution < -0.4 is 16.5 Å². The lowest BCUT2D eigenvalue weighted by Crippen LogP contribution is -2.29. The molecule has 0 unspecified atom stereocenters. The molecule has 0 saturated heterocycles. The smallest absolute Gasteiger partial charge is 0.340 e. The van der Waals surface area contributed by atoms with E-state index in [1.54, 1.807) is 38.1 Å². The highest BCUT2D eigenvalue weighted by molar-refractivity contribution is 6.67. The SMILES string of the molecule is CCOC(=O)c1ccc(C(=O)OCC)c(N/N=C(/C(C)=O)C(=O)Nc2ccc(N)cc2)c1. The van der Waals surface area contributed by atoms with Crippen LogP contribution in [0.3, 0.4) is 0 Å². The van der Waals surface area contributed by atoms with Crippen LogP contribution in [0.15, 0.2) is 47.6 Å². The Morgan fingerprint density at radius 2 is 1.56 bits per heavy atom. The first-order valence-corrected chi connectivity index (χ1v) is 9.76. The number of nitrogen functional groups attached to an aromatic ring is 1. The van der Waals surface area contributed by atoms with Crippen molar-refractivity contribution in [2.24, 2.45) is 5.10 Å². The summed E-state index contributed by atoms with van der Waals surface area (Å²) in [6, 6.07) is 10.4. The van der Waals surface area contributed by atoms with Crippen molar-refractivity contribution >= 4 is 46.4 Å². The number of rotatable bonds is 9. The van der Waals surface area contributed by atoms with Gasteiger partial charge in [-0.15, -0.1) is 0 Å². The molecule has 2 aromatic rings. The van der Waals surface area contributed by atoms with Crippen molar-refractivity contribution in [2.45, 2.75) is 20.8 Å². The normalized spacial score (nSPS) is 10.8. The summed E-state index contributed by atoms with van der Waals surface area (Å²) in [5, 5.41) is 6.42. The van der Waals surface area contributed by atoms with Crippen molar-refractivity contribution in [3.05, 3.63) is 53.6 Å². The van der Waals surface area contributed by atoms with Gasteiger partial charge in [0, 0.05) is 18.3 Å². The molecule has 0 fully saturated rings. The second-order valence-electron chi connectivity index (χ2n) is 6.41. The minimum Gasteiger partial charge on any atom is -0.462 e. The van der Waals surface area contributed by atoms with Gasteiger partial charge in [0.2, 0.25) is 0 Å². The van der Waals surface area contributed by atoms with Crippen LogP contribution in [-0.2, 0) is 19.1 Å². The Kier molecular flexibility index (Phi) is 8.46. The second kappa shape index (κ2) is 11.3. The number of hydrogen-bond donors (Lipinski definition) is 3. The van der Waals surface area contributed by atoms with E-state index in [-0.39, 0.29) is 30.0 Å². The number of amides is 1. The van der Waals surface area contributed by atoms with Crippen molar-refractivity contribution in [3.8, 4) is 0 Å². The molecule has 4 N–H and O–H groups in total. The number of Topliss-reactive ketones (excluding diaryl/α,β-unsaturated/α-hetero) is 1. The number of ketones is 1. The number of nitrogens with one attached hydrogen (secondary N) is 2. The molecule has 2 rings (SSSR count). The Morgan fingerprint density at radius 1 is 0.938 bits per heavy atom. The summed E-state index contributed by atoms with van der Waals surface area (Å²) >= 11 is 0. The van der Waals surface area contributed by atoms with E-state index in [2.05, 4.69) is 15.8 Å². The summed E-state index contributed by atoms with van der Waals surface area (Å²) in [5.41, 5.74) is 8.89. The van der Waals surface area contributed by atoms with Crippen molar-refractivity contribution in [1.82, 2.24) is 0 Å². The van der Waals surface area contributed by atoms with Crippen LogP contribution in [0.1, 0.15) is 41.5 Å². The molecular weight excluding hydrogens is 416 g/mol. The first-order chi connectivity index (χ1) is 15.3. The van der Waals surface area contributed by atoms with Gasteiger partial charge in [-0.3, -0.25) is 15.0 Å². The van der Waals surface area contributed by atoms with Crippen LogP contribution in [-0.4, -0.2) is 42.6 Å². The summed E-state index contributed by atoms with van der Waals surface area (Å²) in [6.07, 6.45) is 0. The van der Waals surface area contributed by atoms with Gasteiger partial charge in [0.1, 0.15) is 0 Å². The molecule has 32 heavy (non-hydrogen) atoms. The number of carbonyl (C=O) groups excluding carboxylic acids is 4. The lowest BCUT2D eigenvalue weighted by atomic mass is 10.1. The third kappa shape index (κ3) is 6.39. The Bertz CT molecular complexity index is 1050. The molecule has 0 aliphatic rings. The molecule has 0 atom stereocenters. The summed E-state index contributed by atoms with van der Waals surface area (Å²) in [5.74, 6) is -2.67. The molecule has 10 heteroatoms. The van der Waals surface area contributed by atoms with E-state index in [4.69, 9.17) is 15.2 Å². The van der Waals surface area contributed by atoms with Gasteiger partial charge in [-0.05, 0) is 56.3 Å². The first kappa shape index (κ1) is 24.1. The van der Waals surface area contributed by atoms with Gasteiger partial charge >= 0.3 is 11.9 Å². The van der Waals surface area contributed by atoms with Crippen LogP contribution >= 0.6 is 0 Å². The fourth-order valence-corrected chi connectivity index (χ4v) is 2.53. The fourth-order valence-electron chi connectivity index (χ4n) is 2.53. The van der Waals surface area contributed by atoms with Gasteiger partial charge in [-0.1, -0.05) is 0 Å². The predicted molar refractivity (Wildman–Crippen MR) is 120 cm³/mol. The van der Waals surface area contributed by atoms with Gasteiger partial charge in [0.25, 0.3) is 5.91 Å². The van der Waals surface area contributed by atoms with Crippen LogP contribution in [0.4, 0.5) is 17.1 Å². The highest BCUT2D eigenvalue weighted by Crippen LogP contribution is 2.20. The standard InChI is InChI=1S/C22H24N4O6/c1-4-31-21(29)14-6-11-17(22(30)32-5-2)18(12-14)25-26-19(13(3)27)20(28)24-16-9-7-15(23)8-10-16/h6-12,25H,4-5,23H2,1-3H3,(H,24,28)/b26-19-. The average molecular weight is 440 g/mol. The Hall–Kier alpha value is -4.21. The van der Waals surface area contributed by atoms with E-state index in [0.717, 1.165) is 0 Å². The summed E-state index contributed by atoms with van der Waals surface area (Å²) in [6.45, 7) is 4.77. The number of nitrogens with two attached hydrogens (primary N) is 1. The number of nitrogens with zero attached hydrogens (tertiary/aromatic N) is 1. The van der Waals surface area contributed by atoms with E-state index in [1.165, 1.54) is 25.1 Å². The zero-order valence-electron chi connectivity index (χ0n) is 17.9. The van der Waals surface area contributed by atoms with E-state index < -0.39 is 29.3 Å². The lowest BCUT2D eigenvalue weighted by Gasteiger charge is -2.11. The molecule has 10 nitrogen and oxygen atoms in total. The van der Waals surface area contributed by atoms with Crippen LogP contribution in [0, 0.1) is 0 Å². The van der Waals surface area contributed by atoms with E-state index >= 15 is 0 Å². The molecule has 0 heterocycles. The number of anilines is 3. The predicted octanol–water partition coefficient (Wildman–Crippen LogP) is 2.62. The minimum absolute atomic E-state index is 0.0606. The highest BCUT2D eigenvalue weighted by atomic mass is 16.5. The molecule has 0 bridgehead atoms. The molecule has 0 aliphatic carbocycles. The van der Waals surface area contributed by atoms with Crippen LogP contribution in [0.2, 0.25) is 0 Å². The third-order valence-electron chi connectivity index (χ3n) is 4.03. The van der Waals surface area contributed by atoms with Gasteiger partial charge in [-0.25, -0.2) is 9.59 Å². The van der Waals surface area contributed by atoms with Gasteiger partial charge in [0.15, 0.2) is 11.5 Å². The number of esters is 2. The molecule has 0 saturated carbocycles. The largest absolute Gasteiger partial charge is 0.462 e. The lowest BCUT2D eigenvalue weighted by molar-refractivity contribution is -0.114. The highest BCUT2D eigenvalue weighted by Gasteiger charge is 2.20. The summed E-state index contributed by atoms with van der Waals surface area (Å²) < 4.78 is 9.97. The van der Waals surface area contributed by atoms with Crippen LogP contribution in [0.25, 0.3) is 0 Å². The fraction of sp³-hybridized carbons (Fsp3) is 0.227. The van der Waals surface area contributed by atoms with E-state index in [9.17, 15) is 19.2 Å². The maximum atomic E-state index is 12.5. The number of benzene rings is 2. The number of ether oxygens (including phenoxy) is 2. The Balaban J connectivity index is 2.36. The molecule has 2 aromatic carbocycles. The molecular formula is C22H24N4O6. The summed E-state index contributed by atoms with van der Waals surface area (Å²) in [4.78, 5) is 48.9. The first-order valence-electron chi connectivity index (χ1n) is 9.76. The van der Waals surface area contributed by atoms with Crippen LogP contribution in [0.5, 0.6) is 0 Å². The van der Waals surface area contributed by atoms with Crippen molar-refractivity contribution in [1.29, 1.82) is 0 Å². The zero-order valence-corrected chi connectivity index (χ0v) is 17.9. The Labute approximate surface area is 184 Å². The van der Waals surface area contributed by atoms with Gasteiger partial charge < -0.3 is 20.5 Å². The van der Waals surface area contributed by atoms with E-state index in [1.807, 2.05) is 0 Å². The van der Waals surface area contributed by atoms with Gasteiger partial charge in [0.05, 0.1) is 30.0 Å². The molecule has 0 aliphatic heterocycles. The quantitative estimate of drug-likeness (QED) is 0.177. The Morgan fingerprint density at radius 3 is 2.16 bits per heavy atom. The zero-order chi connectivity index (χ0) is 23.7. The molecule has 0 radical (unpaired) electrons. The van der Waals surface area contributed by atoms with Crippen molar-refractivity contribution in [3.63, 3.8) is 0 Å². The second-order valence-corrected chi connectivity index (χ2v) is 6.41. The number of hydrogen-bond acceptors (Lipinski definition) is 9. The molecule has 0 spiro atoms. The van der Waals surface area contributed by atoms with Crippen molar-refractivity contribution < 1.29 is 28.7 Å². The molecule has 168 valence electrons. The van der Waals surface area contributed by atoms with E-state index in [0.29, 0.717) is 11.4 Å². The minimum atomic E-state index is -0.769.